The largest absolute Gasteiger partial charge is 0.494 e. The molecule has 0 unspecified atom stereocenters. The minimum atomic E-state index is -0.351. The molecule has 1 N–H and O–H groups in total. The van der Waals surface area contributed by atoms with E-state index in [-0.39, 0.29) is 11.5 Å². The van der Waals surface area contributed by atoms with Crippen LogP contribution in [0.3, 0.4) is 0 Å². The molecule has 0 fully saturated rings. The zero-order chi connectivity index (χ0) is 18.9. The van der Waals surface area contributed by atoms with E-state index in [9.17, 15) is 9.59 Å². The number of nitrogens with one attached hydrogen (secondary N) is 1. The van der Waals surface area contributed by atoms with Gasteiger partial charge in [0.1, 0.15) is 11.3 Å². The van der Waals surface area contributed by atoms with E-state index in [2.05, 4.69) is 24.1 Å². The molecule has 26 heavy (non-hydrogen) atoms. The van der Waals surface area contributed by atoms with Crippen molar-refractivity contribution >= 4 is 16.9 Å². The summed E-state index contributed by atoms with van der Waals surface area (Å²) < 4.78 is 10.9. The molecule has 0 atom stereocenters. The van der Waals surface area contributed by atoms with Crippen LogP contribution < -0.4 is 15.7 Å². The van der Waals surface area contributed by atoms with Gasteiger partial charge in [-0.05, 0) is 50.2 Å². The van der Waals surface area contributed by atoms with Gasteiger partial charge in [-0.25, -0.2) is 4.79 Å². The van der Waals surface area contributed by atoms with Crippen molar-refractivity contribution < 1.29 is 13.9 Å². The van der Waals surface area contributed by atoms with Gasteiger partial charge in [0.2, 0.25) is 5.91 Å². The molecule has 0 radical (unpaired) electrons. The van der Waals surface area contributed by atoms with E-state index in [0.29, 0.717) is 37.3 Å². The summed E-state index contributed by atoms with van der Waals surface area (Å²) >= 11 is 0. The molecule has 1 aromatic heterocycles. The molecule has 6 heteroatoms. The van der Waals surface area contributed by atoms with Crippen molar-refractivity contribution in [2.24, 2.45) is 0 Å². The zero-order valence-corrected chi connectivity index (χ0v) is 15.8. The number of hydrogen-bond acceptors (Lipinski definition) is 5. The average molecular weight is 360 g/mol. The summed E-state index contributed by atoms with van der Waals surface area (Å²) in [5.41, 5.74) is 1.06. The zero-order valence-electron chi connectivity index (χ0n) is 15.8. The molecule has 0 saturated heterocycles. The summed E-state index contributed by atoms with van der Waals surface area (Å²) in [5.74, 6) is 0.758. The fraction of sp³-hybridized carbons (Fsp3) is 0.500. The molecular formula is C20H28N2O4. The summed E-state index contributed by atoms with van der Waals surface area (Å²) in [6.45, 7) is 10.1. The normalized spacial score (nSPS) is 11.1. The number of fused-ring (bicyclic) bond motifs is 1. The van der Waals surface area contributed by atoms with Crippen LogP contribution in [0.15, 0.2) is 33.5 Å². The molecule has 1 heterocycles. The van der Waals surface area contributed by atoms with Gasteiger partial charge in [0.15, 0.2) is 0 Å². The van der Waals surface area contributed by atoms with Crippen LogP contribution in [-0.4, -0.2) is 43.6 Å². The summed E-state index contributed by atoms with van der Waals surface area (Å²) in [5, 5.41) is 3.80. The molecule has 0 aliphatic rings. The lowest BCUT2D eigenvalue weighted by atomic mass is 10.1. The summed E-state index contributed by atoms with van der Waals surface area (Å²) in [4.78, 5) is 25.5. The molecule has 0 aliphatic carbocycles. The first-order valence-electron chi connectivity index (χ1n) is 9.19. The molecule has 0 saturated carbocycles. The number of carbonyl (C=O) groups excluding carboxylic acids is 1. The molecule has 2 aromatic rings. The number of nitrogens with zero attached hydrogens (tertiary/aromatic N) is 1. The number of rotatable bonds is 10. The van der Waals surface area contributed by atoms with Gasteiger partial charge >= 0.3 is 5.63 Å². The first kappa shape index (κ1) is 20.0. The highest BCUT2D eigenvalue weighted by atomic mass is 16.5. The fourth-order valence-corrected chi connectivity index (χ4v) is 2.79. The van der Waals surface area contributed by atoms with Crippen LogP contribution in [0.2, 0.25) is 0 Å². The second-order valence-electron chi connectivity index (χ2n) is 6.24. The third kappa shape index (κ3) is 5.88. The Balaban J connectivity index is 1.73. The summed E-state index contributed by atoms with van der Waals surface area (Å²) in [7, 11) is 0. The molecular weight excluding hydrogens is 332 g/mol. The number of likely N-dealkylation sites (N-methyl/N-ethyl adjacent to an activating group) is 1. The van der Waals surface area contributed by atoms with E-state index >= 15 is 0 Å². The average Bonchev–Trinajstić information content (AvgIpc) is 2.62. The second-order valence-corrected chi connectivity index (χ2v) is 6.24. The molecule has 0 bridgehead atoms. The van der Waals surface area contributed by atoms with Crippen molar-refractivity contribution in [1.82, 2.24) is 10.2 Å². The lowest BCUT2D eigenvalue weighted by Gasteiger charge is -2.17. The van der Waals surface area contributed by atoms with Crippen LogP contribution in [0.25, 0.3) is 11.0 Å². The van der Waals surface area contributed by atoms with Crippen LogP contribution in [0.5, 0.6) is 5.75 Å². The van der Waals surface area contributed by atoms with Gasteiger partial charge in [-0.2, -0.15) is 0 Å². The Morgan fingerprint density at radius 2 is 2.00 bits per heavy atom. The monoisotopic (exact) mass is 360 g/mol. The van der Waals surface area contributed by atoms with E-state index in [1.165, 1.54) is 6.07 Å². The Hall–Kier alpha value is -2.34. The van der Waals surface area contributed by atoms with Crippen LogP contribution >= 0.6 is 0 Å². The van der Waals surface area contributed by atoms with Gasteiger partial charge in [-0.15, -0.1) is 0 Å². The predicted octanol–water partition coefficient (Wildman–Crippen LogP) is 2.72. The van der Waals surface area contributed by atoms with E-state index in [0.717, 1.165) is 30.6 Å². The van der Waals surface area contributed by atoms with Gasteiger partial charge in [-0.3, -0.25) is 4.79 Å². The van der Waals surface area contributed by atoms with Gasteiger partial charge in [-0.1, -0.05) is 13.8 Å². The summed E-state index contributed by atoms with van der Waals surface area (Å²) in [6.07, 6.45) is 1.09. The molecule has 1 aromatic carbocycles. The predicted molar refractivity (Wildman–Crippen MR) is 103 cm³/mol. The first-order valence-corrected chi connectivity index (χ1v) is 9.19. The Morgan fingerprint density at radius 3 is 2.73 bits per heavy atom. The quantitative estimate of drug-likeness (QED) is 0.521. The van der Waals surface area contributed by atoms with E-state index < -0.39 is 0 Å². The topological polar surface area (TPSA) is 71.8 Å². The highest BCUT2D eigenvalue weighted by molar-refractivity contribution is 5.81. The maximum absolute atomic E-state index is 11.8. The van der Waals surface area contributed by atoms with Gasteiger partial charge < -0.3 is 19.4 Å². The summed E-state index contributed by atoms with van der Waals surface area (Å²) in [6, 6.07) is 6.83. The molecule has 2 rings (SSSR count). The first-order chi connectivity index (χ1) is 12.5. The highest BCUT2D eigenvalue weighted by Gasteiger charge is 2.06. The van der Waals surface area contributed by atoms with Crippen molar-refractivity contribution in [3.05, 3.63) is 40.2 Å². The number of hydrogen-bond donors (Lipinski definition) is 1. The van der Waals surface area contributed by atoms with Crippen LogP contribution in [-0.2, 0) is 4.79 Å². The number of amides is 1. The van der Waals surface area contributed by atoms with E-state index in [4.69, 9.17) is 9.15 Å². The van der Waals surface area contributed by atoms with Crippen LogP contribution in [0.1, 0.15) is 32.3 Å². The molecule has 142 valence electrons. The number of aryl methyl sites for hydroxylation is 1. The van der Waals surface area contributed by atoms with Crippen molar-refractivity contribution in [3.63, 3.8) is 0 Å². The Morgan fingerprint density at radius 1 is 1.23 bits per heavy atom. The minimum absolute atomic E-state index is 0.0527. The smallest absolute Gasteiger partial charge is 0.336 e. The van der Waals surface area contributed by atoms with E-state index in [1.54, 1.807) is 12.1 Å². The van der Waals surface area contributed by atoms with Crippen molar-refractivity contribution in [2.45, 2.75) is 33.6 Å². The standard InChI is InChI=1S/C20H28N2O4/c1-4-22(5-2)11-10-21-19(23)7-6-12-25-16-8-9-18-17(14-16)15(3)13-20(24)26-18/h8-9,13-14H,4-7,10-12H2,1-3H3,(H,21,23). The number of benzene rings is 1. The Bertz CT molecular complexity index is 781. The van der Waals surface area contributed by atoms with Crippen LogP contribution in [0.4, 0.5) is 0 Å². The van der Waals surface area contributed by atoms with E-state index in [1.807, 2.05) is 13.0 Å². The maximum Gasteiger partial charge on any atom is 0.336 e. The Labute approximate surface area is 154 Å². The fourth-order valence-electron chi connectivity index (χ4n) is 2.79. The molecule has 6 nitrogen and oxygen atoms in total. The van der Waals surface area contributed by atoms with Gasteiger partial charge in [0.25, 0.3) is 0 Å². The third-order valence-corrected chi connectivity index (χ3v) is 4.38. The van der Waals surface area contributed by atoms with Crippen LogP contribution in [0, 0.1) is 6.92 Å². The van der Waals surface area contributed by atoms with Gasteiger partial charge in [0, 0.05) is 31.0 Å². The molecule has 0 spiro atoms. The van der Waals surface area contributed by atoms with Crippen molar-refractivity contribution in [1.29, 1.82) is 0 Å². The molecule has 1 amide bonds. The molecule has 0 aliphatic heterocycles. The maximum atomic E-state index is 11.8. The van der Waals surface area contributed by atoms with Crippen molar-refractivity contribution in [3.8, 4) is 5.75 Å². The number of carbonyl (C=O) groups is 1. The lowest BCUT2D eigenvalue weighted by molar-refractivity contribution is -0.121. The SMILES string of the molecule is CCN(CC)CCNC(=O)CCCOc1ccc2oc(=O)cc(C)c2c1. The second kappa shape index (κ2) is 9.97. The lowest BCUT2D eigenvalue weighted by Crippen LogP contribution is -2.34. The number of ether oxygens (including phenoxy) is 1. The van der Waals surface area contributed by atoms with Gasteiger partial charge in [0.05, 0.1) is 6.61 Å². The van der Waals surface area contributed by atoms with Crippen molar-refractivity contribution in [2.75, 3.05) is 32.8 Å². The highest BCUT2D eigenvalue weighted by Crippen LogP contribution is 2.22. The minimum Gasteiger partial charge on any atom is -0.494 e. The third-order valence-electron chi connectivity index (χ3n) is 4.38. The Kier molecular flexibility index (Phi) is 7.66.